The third-order valence-corrected chi connectivity index (χ3v) is 7.84. The summed E-state index contributed by atoms with van der Waals surface area (Å²) < 4.78 is 7.22. The number of rotatable bonds is 6. The molecule has 3 aromatic rings. The summed E-state index contributed by atoms with van der Waals surface area (Å²) in [5.74, 6) is 0.456. The normalized spacial score (nSPS) is 20.4. The van der Waals surface area contributed by atoms with Gasteiger partial charge in [0.1, 0.15) is 11.4 Å². The van der Waals surface area contributed by atoms with E-state index >= 15 is 0 Å². The van der Waals surface area contributed by atoms with E-state index in [1.165, 1.54) is 32.4 Å². The van der Waals surface area contributed by atoms with Crippen molar-refractivity contribution < 1.29 is 9.66 Å². The molecule has 2 aromatic heterocycles. The fraction of sp³-hybridized carbons (Fsp3) is 0.407. The first-order chi connectivity index (χ1) is 17.4. The number of pyridine rings is 1. The number of thiocarbonyl (C=S) groups is 1. The van der Waals surface area contributed by atoms with Crippen molar-refractivity contribution >= 4 is 23.0 Å². The molecule has 3 heterocycles. The second kappa shape index (κ2) is 9.89. The maximum atomic E-state index is 12.0. The summed E-state index contributed by atoms with van der Waals surface area (Å²) in [6.45, 7) is 4.03. The van der Waals surface area contributed by atoms with Crippen molar-refractivity contribution in [2.75, 3.05) is 7.11 Å². The Morgan fingerprint density at radius 1 is 1.14 bits per heavy atom. The number of nitro benzene ring substituents is 1. The van der Waals surface area contributed by atoms with E-state index in [-0.39, 0.29) is 22.7 Å². The van der Waals surface area contributed by atoms with Gasteiger partial charge in [-0.15, -0.1) is 0 Å². The van der Waals surface area contributed by atoms with Gasteiger partial charge in [-0.05, 0) is 74.8 Å². The fourth-order valence-electron chi connectivity index (χ4n) is 5.87. The highest BCUT2D eigenvalue weighted by Gasteiger charge is 2.44. The van der Waals surface area contributed by atoms with Gasteiger partial charge < -0.3 is 19.5 Å². The molecular formula is C27H31N5O3S. The van der Waals surface area contributed by atoms with Gasteiger partial charge in [0.2, 0.25) is 0 Å². The molecule has 2 aliphatic rings. The van der Waals surface area contributed by atoms with Crippen LogP contribution in [0.5, 0.6) is 5.75 Å². The Morgan fingerprint density at radius 2 is 1.92 bits per heavy atom. The summed E-state index contributed by atoms with van der Waals surface area (Å²) in [6, 6.07) is 13.3. The van der Waals surface area contributed by atoms with E-state index in [2.05, 4.69) is 21.3 Å². The molecule has 0 spiro atoms. The van der Waals surface area contributed by atoms with Gasteiger partial charge in [0.15, 0.2) is 5.11 Å². The van der Waals surface area contributed by atoms with Crippen molar-refractivity contribution in [2.45, 2.75) is 64.1 Å². The van der Waals surface area contributed by atoms with Gasteiger partial charge in [0, 0.05) is 23.6 Å². The third-order valence-electron chi connectivity index (χ3n) is 7.51. The number of hydrogen-bond donors (Lipinski definition) is 1. The van der Waals surface area contributed by atoms with Crippen LogP contribution in [0.1, 0.15) is 66.8 Å². The van der Waals surface area contributed by atoms with Crippen molar-refractivity contribution in [1.82, 2.24) is 19.8 Å². The Morgan fingerprint density at radius 3 is 2.58 bits per heavy atom. The molecule has 5 rings (SSSR count). The van der Waals surface area contributed by atoms with Crippen LogP contribution in [0.15, 0.2) is 48.7 Å². The van der Waals surface area contributed by atoms with Gasteiger partial charge in [-0.25, -0.2) is 0 Å². The van der Waals surface area contributed by atoms with Crippen LogP contribution in [0.25, 0.3) is 5.69 Å². The summed E-state index contributed by atoms with van der Waals surface area (Å²) in [5, 5.41) is 16.3. The van der Waals surface area contributed by atoms with Crippen LogP contribution >= 0.6 is 12.2 Å². The number of nitrogens with zero attached hydrogens (tertiary/aromatic N) is 4. The predicted octanol–water partition coefficient (Wildman–Crippen LogP) is 5.71. The molecule has 2 unspecified atom stereocenters. The highest BCUT2D eigenvalue weighted by atomic mass is 32.1. The average Bonchev–Trinajstić information content (AvgIpc) is 3.39. The number of nitrogens with one attached hydrogen (secondary N) is 1. The first-order valence-electron chi connectivity index (χ1n) is 12.4. The second-order valence-electron chi connectivity index (χ2n) is 9.60. The van der Waals surface area contributed by atoms with E-state index in [0.29, 0.717) is 17.5 Å². The SMILES string of the molecule is COc1ccc(-n2c(C)cc(C3C(c4ccccn4)NC(=S)N3C3CCCCC3)c2C)c([N+](=O)[O-])c1. The van der Waals surface area contributed by atoms with Crippen molar-refractivity contribution in [3.8, 4) is 11.4 Å². The molecule has 9 heteroatoms. The molecular weight excluding hydrogens is 474 g/mol. The minimum Gasteiger partial charge on any atom is -0.496 e. The quantitative estimate of drug-likeness (QED) is 0.261. The number of ether oxygens (including phenoxy) is 1. The van der Waals surface area contributed by atoms with Gasteiger partial charge in [0.25, 0.3) is 5.69 Å². The Balaban J connectivity index is 1.65. The molecule has 2 atom stereocenters. The first kappa shape index (κ1) is 24.2. The van der Waals surface area contributed by atoms with Crippen LogP contribution in [0, 0.1) is 24.0 Å². The van der Waals surface area contributed by atoms with E-state index in [9.17, 15) is 10.1 Å². The number of aromatic nitrogens is 2. The second-order valence-corrected chi connectivity index (χ2v) is 9.99. The average molecular weight is 506 g/mol. The molecule has 8 nitrogen and oxygen atoms in total. The largest absolute Gasteiger partial charge is 0.496 e. The van der Waals surface area contributed by atoms with Crippen LogP contribution < -0.4 is 10.1 Å². The summed E-state index contributed by atoms with van der Waals surface area (Å²) in [5.41, 5.74) is 4.45. The number of nitro groups is 1. The number of hydrogen-bond acceptors (Lipinski definition) is 5. The highest BCUT2D eigenvalue weighted by Crippen LogP contribution is 2.45. The molecule has 1 aliphatic carbocycles. The van der Waals surface area contributed by atoms with Gasteiger partial charge in [-0.2, -0.15) is 0 Å². The molecule has 0 bridgehead atoms. The number of methoxy groups -OCH3 is 1. The van der Waals surface area contributed by atoms with E-state index in [1.807, 2.05) is 42.8 Å². The summed E-state index contributed by atoms with van der Waals surface area (Å²) in [4.78, 5) is 18.7. The summed E-state index contributed by atoms with van der Waals surface area (Å²) in [7, 11) is 1.51. The lowest BCUT2D eigenvalue weighted by Crippen LogP contribution is -2.40. The Labute approximate surface area is 216 Å². The minimum absolute atomic E-state index is 0.00757. The van der Waals surface area contributed by atoms with Crippen LogP contribution in [-0.2, 0) is 0 Å². The lowest BCUT2D eigenvalue weighted by atomic mass is 9.90. The standard InChI is InChI=1S/C27H31N5O3S/c1-17-15-21(18(2)30(17)23-13-12-20(35-3)16-24(23)32(33)34)26-25(22-11-7-8-14-28-22)29-27(36)31(26)19-9-5-4-6-10-19/h7-8,11-16,19,25-26H,4-6,9-10H2,1-3H3,(H,29,36). The van der Waals surface area contributed by atoms with Gasteiger partial charge in [0.05, 0.1) is 35.9 Å². The molecule has 1 aromatic carbocycles. The molecule has 1 aliphatic heterocycles. The van der Waals surface area contributed by atoms with Gasteiger partial charge in [-0.3, -0.25) is 15.1 Å². The zero-order valence-corrected chi connectivity index (χ0v) is 21.6. The van der Waals surface area contributed by atoms with Crippen molar-refractivity contribution in [3.63, 3.8) is 0 Å². The molecule has 1 saturated heterocycles. The minimum atomic E-state index is -0.353. The maximum Gasteiger partial charge on any atom is 0.296 e. The molecule has 0 amide bonds. The number of aryl methyl sites for hydroxylation is 1. The molecule has 188 valence electrons. The zero-order chi connectivity index (χ0) is 25.4. The number of benzene rings is 1. The third kappa shape index (κ3) is 4.21. The maximum absolute atomic E-state index is 12.0. The molecule has 0 radical (unpaired) electrons. The van der Waals surface area contributed by atoms with Gasteiger partial charge in [-0.1, -0.05) is 25.3 Å². The fourth-order valence-corrected chi connectivity index (χ4v) is 6.26. The topological polar surface area (TPSA) is 85.5 Å². The van der Waals surface area contributed by atoms with E-state index in [1.54, 1.807) is 12.1 Å². The van der Waals surface area contributed by atoms with Crippen molar-refractivity contribution in [3.05, 3.63) is 81.4 Å². The Bertz CT molecular complexity index is 1290. The van der Waals surface area contributed by atoms with Crippen molar-refractivity contribution in [1.29, 1.82) is 0 Å². The van der Waals surface area contributed by atoms with Crippen LogP contribution in [0.3, 0.4) is 0 Å². The lowest BCUT2D eigenvalue weighted by molar-refractivity contribution is -0.384. The van der Waals surface area contributed by atoms with E-state index in [4.69, 9.17) is 17.0 Å². The Hall–Kier alpha value is -3.46. The predicted molar refractivity (Wildman–Crippen MR) is 143 cm³/mol. The van der Waals surface area contributed by atoms with Gasteiger partial charge >= 0.3 is 0 Å². The smallest absolute Gasteiger partial charge is 0.296 e. The molecule has 1 N–H and O–H groups in total. The van der Waals surface area contributed by atoms with Crippen LogP contribution in [0.4, 0.5) is 5.69 Å². The van der Waals surface area contributed by atoms with E-state index < -0.39 is 0 Å². The van der Waals surface area contributed by atoms with Crippen LogP contribution in [0.2, 0.25) is 0 Å². The summed E-state index contributed by atoms with van der Waals surface area (Å²) in [6.07, 6.45) is 7.68. The summed E-state index contributed by atoms with van der Waals surface area (Å²) >= 11 is 5.91. The first-order valence-corrected chi connectivity index (χ1v) is 12.8. The lowest BCUT2D eigenvalue weighted by Gasteiger charge is -2.37. The van der Waals surface area contributed by atoms with Crippen LogP contribution in [-0.4, -0.2) is 37.6 Å². The monoisotopic (exact) mass is 505 g/mol. The molecule has 36 heavy (non-hydrogen) atoms. The van der Waals surface area contributed by atoms with Crippen molar-refractivity contribution in [2.24, 2.45) is 0 Å². The Kier molecular flexibility index (Phi) is 6.66. The highest BCUT2D eigenvalue weighted by molar-refractivity contribution is 7.80. The zero-order valence-electron chi connectivity index (χ0n) is 20.8. The molecule has 1 saturated carbocycles. The molecule has 2 fully saturated rings. The van der Waals surface area contributed by atoms with E-state index in [0.717, 1.165) is 40.6 Å².